The standard InChI is InChI=1S/C25H27ClN10O/c1-17-18(3-6-23(30-17)34-14-25(15-34)12-33(2)13-25)10-35-11-20(9-29-35)24(37)27-8-19-7-21(26)4-5-22(19)36-16-28-31-32-36/h3-7,9,11,16H,8,10,12-15H2,1-2H3,(H,27,37). The second-order valence-electron chi connectivity index (χ2n) is 10.1. The van der Waals surface area contributed by atoms with Crippen LogP contribution in [0.2, 0.25) is 5.02 Å². The van der Waals surface area contributed by atoms with E-state index in [1.54, 1.807) is 29.2 Å². The molecule has 0 radical (unpaired) electrons. The number of hydrogen-bond acceptors (Lipinski definition) is 8. The van der Waals surface area contributed by atoms with Crippen LogP contribution in [-0.2, 0) is 13.1 Å². The van der Waals surface area contributed by atoms with Gasteiger partial charge in [0.1, 0.15) is 12.1 Å². The van der Waals surface area contributed by atoms with Crippen LogP contribution in [0.15, 0.2) is 49.1 Å². The fourth-order valence-electron chi connectivity index (χ4n) is 5.35. The molecule has 1 spiro atoms. The maximum atomic E-state index is 12.8. The van der Waals surface area contributed by atoms with E-state index in [9.17, 15) is 4.79 Å². The number of nitrogens with one attached hydrogen (secondary N) is 1. The van der Waals surface area contributed by atoms with Gasteiger partial charge in [0.15, 0.2) is 0 Å². The summed E-state index contributed by atoms with van der Waals surface area (Å²) in [5, 5.41) is 19.2. The SMILES string of the molecule is Cc1nc(N2CC3(CN(C)C3)C2)ccc1Cn1cc(C(=O)NCc2cc(Cl)ccc2-n2cnnn2)cn1. The Labute approximate surface area is 219 Å². The molecule has 6 rings (SSSR count). The maximum Gasteiger partial charge on any atom is 0.254 e. The number of halogens is 1. The first-order valence-electron chi connectivity index (χ1n) is 12.1. The molecule has 0 atom stereocenters. The summed E-state index contributed by atoms with van der Waals surface area (Å²) in [6.45, 7) is 7.33. The lowest BCUT2D eigenvalue weighted by Gasteiger charge is -2.60. The molecule has 12 heteroatoms. The molecular formula is C25H27ClN10O. The molecule has 0 saturated carbocycles. The Morgan fingerprint density at radius 3 is 2.70 bits per heavy atom. The molecule has 0 bridgehead atoms. The first-order valence-corrected chi connectivity index (χ1v) is 12.5. The topological polar surface area (TPSA) is 110 Å². The van der Waals surface area contributed by atoms with E-state index in [0.29, 0.717) is 22.5 Å². The highest BCUT2D eigenvalue weighted by molar-refractivity contribution is 6.30. The van der Waals surface area contributed by atoms with E-state index in [1.807, 2.05) is 13.0 Å². The summed E-state index contributed by atoms with van der Waals surface area (Å²) in [7, 11) is 2.17. The maximum absolute atomic E-state index is 12.8. The molecule has 1 aromatic carbocycles. The van der Waals surface area contributed by atoms with Gasteiger partial charge in [-0.25, -0.2) is 9.67 Å². The Morgan fingerprint density at radius 2 is 1.97 bits per heavy atom. The van der Waals surface area contributed by atoms with Crippen LogP contribution >= 0.6 is 11.6 Å². The number of benzene rings is 1. The highest BCUT2D eigenvalue weighted by Crippen LogP contribution is 2.40. The summed E-state index contributed by atoms with van der Waals surface area (Å²) in [5.41, 5.74) is 4.52. The van der Waals surface area contributed by atoms with E-state index in [1.165, 1.54) is 24.1 Å². The van der Waals surface area contributed by atoms with Gasteiger partial charge in [-0.1, -0.05) is 17.7 Å². The van der Waals surface area contributed by atoms with E-state index in [0.717, 1.165) is 41.4 Å². The van der Waals surface area contributed by atoms with Crippen molar-refractivity contribution >= 4 is 23.3 Å². The molecule has 190 valence electrons. The first kappa shape index (κ1) is 23.6. The molecule has 0 aliphatic carbocycles. The minimum absolute atomic E-state index is 0.229. The molecule has 0 unspecified atom stereocenters. The van der Waals surface area contributed by atoms with E-state index < -0.39 is 0 Å². The van der Waals surface area contributed by atoms with Crippen molar-refractivity contribution in [1.82, 2.24) is 45.2 Å². The van der Waals surface area contributed by atoms with Gasteiger partial charge in [-0.2, -0.15) is 5.10 Å². The van der Waals surface area contributed by atoms with Crippen molar-refractivity contribution in [3.05, 3.63) is 76.5 Å². The van der Waals surface area contributed by atoms with Crippen molar-refractivity contribution in [1.29, 1.82) is 0 Å². The van der Waals surface area contributed by atoms with Crippen molar-refractivity contribution in [3.8, 4) is 5.69 Å². The molecule has 2 aliphatic rings. The number of likely N-dealkylation sites (tertiary alicyclic amines) is 1. The van der Waals surface area contributed by atoms with Crippen molar-refractivity contribution in [2.24, 2.45) is 5.41 Å². The van der Waals surface area contributed by atoms with Gasteiger partial charge in [-0.3, -0.25) is 9.48 Å². The van der Waals surface area contributed by atoms with E-state index in [-0.39, 0.29) is 12.5 Å². The van der Waals surface area contributed by atoms with Crippen LogP contribution in [0.1, 0.15) is 27.2 Å². The Bertz CT molecular complexity index is 1440. The Kier molecular flexibility index (Phi) is 5.88. The van der Waals surface area contributed by atoms with Crippen LogP contribution in [0, 0.1) is 12.3 Å². The zero-order chi connectivity index (χ0) is 25.6. The molecule has 2 fully saturated rings. The monoisotopic (exact) mass is 518 g/mol. The van der Waals surface area contributed by atoms with Gasteiger partial charge in [-0.05, 0) is 59.8 Å². The average molecular weight is 519 g/mol. The Hall–Kier alpha value is -3.83. The van der Waals surface area contributed by atoms with Crippen LogP contribution in [-0.4, -0.2) is 79.0 Å². The van der Waals surface area contributed by atoms with Crippen LogP contribution in [0.5, 0.6) is 0 Å². The number of rotatable bonds is 7. The smallest absolute Gasteiger partial charge is 0.254 e. The van der Waals surface area contributed by atoms with Gasteiger partial charge < -0.3 is 15.1 Å². The molecular weight excluding hydrogens is 492 g/mol. The van der Waals surface area contributed by atoms with Crippen LogP contribution in [0.3, 0.4) is 0 Å². The fraction of sp³-hybridized carbons (Fsp3) is 0.360. The Balaban J connectivity index is 1.08. The van der Waals surface area contributed by atoms with Crippen molar-refractivity contribution < 1.29 is 4.79 Å². The summed E-state index contributed by atoms with van der Waals surface area (Å²) >= 11 is 6.17. The number of pyridine rings is 1. The van der Waals surface area contributed by atoms with Crippen molar-refractivity contribution in [3.63, 3.8) is 0 Å². The lowest BCUT2D eigenvalue weighted by atomic mass is 9.73. The minimum atomic E-state index is -0.229. The summed E-state index contributed by atoms with van der Waals surface area (Å²) in [5.74, 6) is 0.802. The average Bonchev–Trinajstić information content (AvgIpc) is 3.53. The van der Waals surface area contributed by atoms with Crippen LogP contribution in [0.25, 0.3) is 5.69 Å². The van der Waals surface area contributed by atoms with Crippen molar-refractivity contribution in [2.45, 2.75) is 20.0 Å². The third-order valence-corrected chi connectivity index (χ3v) is 7.31. The summed E-state index contributed by atoms with van der Waals surface area (Å²) in [4.78, 5) is 22.4. The van der Waals surface area contributed by atoms with Crippen LogP contribution < -0.4 is 10.2 Å². The van der Waals surface area contributed by atoms with Gasteiger partial charge in [0, 0.05) is 55.1 Å². The molecule has 2 aliphatic heterocycles. The molecule has 1 N–H and O–H groups in total. The molecule has 4 aromatic rings. The van der Waals surface area contributed by atoms with Crippen molar-refractivity contribution in [2.75, 3.05) is 38.1 Å². The normalized spacial score (nSPS) is 16.5. The number of anilines is 1. The van der Waals surface area contributed by atoms with Crippen LogP contribution in [0.4, 0.5) is 5.82 Å². The summed E-state index contributed by atoms with van der Waals surface area (Å²) in [6.07, 6.45) is 4.81. The number of carbonyl (C=O) groups excluding carboxylic acids is 1. The number of carbonyl (C=O) groups is 1. The minimum Gasteiger partial charge on any atom is -0.355 e. The van der Waals surface area contributed by atoms with E-state index in [2.05, 4.69) is 54.9 Å². The van der Waals surface area contributed by atoms with Gasteiger partial charge in [-0.15, -0.1) is 5.10 Å². The molecule has 2 saturated heterocycles. The lowest BCUT2D eigenvalue weighted by Crippen LogP contribution is -2.71. The summed E-state index contributed by atoms with van der Waals surface area (Å²) in [6, 6.07) is 9.54. The third-order valence-electron chi connectivity index (χ3n) is 7.07. The number of nitrogens with zero attached hydrogens (tertiary/aromatic N) is 9. The third kappa shape index (κ3) is 4.67. The number of aromatic nitrogens is 7. The van der Waals surface area contributed by atoms with Gasteiger partial charge >= 0.3 is 0 Å². The fourth-order valence-corrected chi connectivity index (χ4v) is 5.55. The van der Waals surface area contributed by atoms with E-state index in [4.69, 9.17) is 16.6 Å². The zero-order valence-electron chi connectivity index (χ0n) is 20.7. The number of amides is 1. The number of aryl methyl sites for hydroxylation is 1. The molecule has 3 aromatic heterocycles. The first-order chi connectivity index (χ1) is 17.9. The number of tetrazole rings is 1. The molecule has 5 heterocycles. The molecule has 37 heavy (non-hydrogen) atoms. The molecule has 11 nitrogen and oxygen atoms in total. The Morgan fingerprint density at radius 1 is 1.14 bits per heavy atom. The predicted octanol–water partition coefficient (Wildman–Crippen LogP) is 1.95. The highest BCUT2D eigenvalue weighted by atomic mass is 35.5. The second kappa shape index (κ2) is 9.24. The van der Waals surface area contributed by atoms with Gasteiger partial charge in [0.25, 0.3) is 5.91 Å². The van der Waals surface area contributed by atoms with E-state index >= 15 is 0 Å². The lowest BCUT2D eigenvalue weighted by molar-refractivity contribution is -0.00281. The van der Waals surface area contributed by atoms with Gasteiger partial charge in [0.2, 0.25) is 0 Å². The summed E-state index contributed by atoms with van der Waals surface area (Å²) < 4.78 is 3.29. The highest BCUT2D eigenvalue weighted by Gasteiger charge is 2.50. The number of hydrogen-bond donors (Lipinski definition) is 1. The largest absolute Gasteiger partial charge is 0.355 e. The van der Waals surface area contributed by atoms with Gasteiger partial charge in [0.05, 0.1) is 24.0 Å². The quantitative estimate of drug-likeness (QED) is 0.395. The second-order valence-corrected chi connectivity index (χ2v) is 10.5. The zero-order valence-corrected chi connectivity index (χ0v) is 21.4. The molecule has 1 amide bonds. The predicted molar refractivity (Wildman–Crippen MR) is 138 cm³/mol.